The van der Waals surface area contributed by atoms with E-state index >= 15 is 0 Å². The first-order valence-corrected chi connectivity index (χ1v) is 3.67. The maximum Gasteiger partial charge on any atom is 0.234 e. The molecule has 3 N–H and O–H groups in total. The first-order chi connectivity index (χ1) is 4.62. The van der Waals surface area contributed by atoms with Gasteiger partial charge in [0, 0.05) is 6.04 Å². The van der Waals surface area contributed by atoms with Gasteiger partial charge in [0.1, 0.15) is 0 Å². The summed E-state index contributed by atoms with van der Waals surface area (Å²) in [6, 6.07) is 0.522. The van der Waals surface area contributed by atoms with Gasteiger partial charge in [0.2, 0.25) is 5.91 Å². The Kier molecular flexibility index (Phi) is 1.89. The minimum absolute atomic E-state index is 0. The molecule has 3 nitrogen and oxygen atoms in total. The number of nitrogens with one attached hydrogen (secondary N) is 1. The summed E-state index contributed by atoms with van der Waals surface area (Å²) in [5.74, 6) is -0.201. The molecule has 3 unspecified atom stereocenters. The number of primary amides is 1. The number of piperidine rings is 1. The van der Waals surface area contributed by atoms with E-state index in [0.717, 1.165) is 6.42 Å². The van der Waals surface area contributed by atoms with Crippen molar-refractivity contribution in [3.63, 3.8) is 0 Å². The van der Waals surface area contributed by atoms with E-state index in [9.17, 15) is 4.79 Å². The molecule has 1 saturated carbocycles. The molecule has 0 aromatic heterocycles. The van der Waals surface area contributed by atoms with E-state index in [1.165, 1.54) is 6.42 Å². The second kappa shape index (κ2) is 2.35. The SMILES string of the molecule is CC12CC(C(N)=O)NC1C2.Cl. The van der Waals surface area contributed by atoms with E-state index in [-0.39, 0.29) is 24.4 Å². The van der Waals surface area contributed by atoms with Gasteiger partial charge < -0.3 is 11.1 Å². The topological polar surface area (TPSA) is 55.1 Å². The van der Waals surface area contributed by atoms with Gasteiger partial charge in [-0.1, -0.05) is 6.92 Å². The number of hydrogen-bond acceptors (Lipinski definition) is 2. The van der Waals surface area contributed by atoms with Crippen LogP contribution in [0.25, 0.3) is 0 Å². The lowest BCUT2D eigenvalue weighted by atomic mass is 10.0. The summed E-state index contributed by atoms with van der Waals surface area (Å²) in [5.41, 5.74) is 5.54. The first-order valence-electron chi connectivity index (χ1n) is 3.67. The monoisotopic (exact) mass is 176 g/mol. The molecule has 1 amide bonds. The summed E-state index contributed by atoms with van der Waals surface area (Å²) < 4.78 is 0. The lowest BCUT2D eigenvalue weighted by molar-refractivity contribution is -0.119. The number of nitrogens with two attached hydrogens (primary N) is 1. The smallest absolute Gasteiger partial charge is 0.234 e. The zero-order valence-electron chi connectivity index (χ0n) is 6.46. The van der Waals surface area contributed by atoms with Crippen LogP contribution in [0.15, 0.2) is 0 Å². The molecule has 0 aromatic rings. The summed E-state index contributed by atoms with van der Waals surface area (Å²) in [6.07, 6.45) is 2.16. The van der Waals surface area contributed by atoms with E-state index in [2.05, 4.69) is 12.2 Å². The number of halogens is 1. The van der Waals surface area contributed by atoms with E-state index < -0.39 is 0 Å². The average Bonchev–Trinajstić information content (AvgIpc) is 2.32. The molecule has 2 fully saturated rings. The predicted octanol–water partition coefficient (Wildman–Crippen LogP) is 0.0340. The maximum absolute atomic E-state index is 10.7. The second-order valence-electron chi connectivity index (χ2n) is 3.74. The van der Waals surface area contributed by atoms with Crippen LogP contribution < -0.4 is 11.1 Å². The number of carbonyl (C=O) groups is 1. The molecule has 64 valence electrons. The third kappa shape index (κ3) is 1.23. The fraction of sp³-hybridized carbons (Fsp3) is 0.857. The number of hydrogen-bond donors (Lipinski definition) is 2. The van der Waals surface area contributed by atoms with Crippen LogP contribution in [0.1, 0.15) is 19.8 Å². The largest absolute Gasteiger partial charge is 0.368 e. The predicted molar refractivity (Wildman–Crippen MR) is 44.5 cm³/mol. The molecular weight excluding hydrogens is 164 g/mol. The minimum atomic E-state index is -0.201. The molecular formula is C7H13ClN2O. The summed E-state index contributed by atoms with van der Waals surface area (Å²) >= 11 is 0. The van der Waals surface area contributed by atoms with Gasteiger partial charge in [-0.25, -0.2) is 0 Å². The molecule has 0 aromatic carbocycles. The highest BCUT2D eigenvalue weighted by atomic mass is 35.5. The van der Waals surface area contributed by atoms with Gasteiger partial charge in [-0.15, -0.1) is 12.4 Å². The van der Waals surface area contributed by atoms with Crippen molar-refractivity contribution < 1.29 is 4.79 Å². The van der Waals surface area contributed by atoms with Gasteiger partial charge in [-0.3, -0.25) is 4.79 Å². The molecule has 1 aliphatic heterocycles. The number of amides is 1. The molecule has 1 aliphatic carbocycles. The van der Waals surface area contributed by atoms with Crippen LogP contribution in [0.4, 0.5) is 0 Å². The Balaban J connectivity index is 0.000000605. The van der Waals surface area contributed by atoms with Crippen LogP contribution in [0.3, 0.4) is 0 Å². The van der Waals surface area contributed by atoms with E-state index in [4.69, 9.17) is 5.73 Å². The van der Waals surface area contributed by atoms with Crippen molar-refractivity contribution >= 4 is 18.3 Å². The molecule has 1 saturated heterocycles. The lowest BCUT2D eigenvalue weighted by Crippen LogP contribution is -2.38. The van der Waals surface area contributed by atoms with Gasteiger partial charge >= 0.3 is 0 Å². The van der Waals surface area contributed by atoms with Crippen molar-refractivity contribution in [1.29, 1.82) is 0 Å². The van der Waals surface area contributed by atoms with Crippen molar-refractivity contribution in [3.8, 4) is 0 Å². The van der Waals surface area contributed by atoms with Crippen molar-refractivity contribution in [3.05, 3.63) is 0 Å². The number of carbonyl (C=O) groups excluding carboxylic acids is 1. The standard InChI is InChI=1S/C7H12N2O.ClH/c1-7-2-4(6(8)10)9-5(7)3-7;/h4-5,9H,2-3H2,1H3,(H2,8,10);1H. The molecule has 2 aliphatic rings. The highest BCUT2D eigenvalue weighted by Gasteiger charge is 2.57. The molecule has 1 heterocycles. The third-order valence-electron chi connectivity index (χ3n) is 2.77. The van der Waals surface area contributed by atoms with Gasteiger partial charge in [-0.2, -0.15) is 0 Å². The van der Waals surface area contributed by atoms with Crippen LogP contribution >= 0.6 is 12.4 Å². The Hall–Kier alpha value is -0.280. The molecule has 11 heavy (non-hydrogen) atoms. The van der Waals surface area contributed by atoms with E-state index in [1.54, 1.807) is 0 Å². The Morgan fingerprint density at radius 3 is 2.55 bits per heavy atom. The number of rotatable bonds is 1. The van der Waals surface area contributed by atoms with Crippen LogP contribution in [0, 0.1) is 5.41 Å². The maximum atomic E-state index is 10.7. The minimum Gasteiger partial charge on any atom is -0.368 e. The Labute approximate surface area is 72.1 Å². The summed E-state index contributed by atoms with van der Waals surface area (Å²) in [7, 11) is 0. The third-order valence-corrected chi connectivity index (χ3v) is 2.77. The molecule has 0 bridgehead atoms. The Bertz CT molecular complexity index is 197. The van der Waals surface area contributed by atoms with Gasteiger partial charge in [-0.05, 0) is 18.3 Å². The van der Waals surface area contributed by atoms with E-state index in [0.29, 0.717) is 11.5 Å². The molecule has 0 spiro atoms. The fourth-order valence-electron chi connectivity index (χ4n) is 1.84. The summed E-state index contributed by atoms with van der Waals surface area (Å²) in [6.45, 7) is 2.20. The molecule has 0 radical (unpaired) electrons. The van der Waals surface area contributed by atoms with Crippen molar-refractivity contribution in [2.45, 2.75) is 31.8 Å². The normalized spacial score (nSPS) is 45.9. The molecule has 3 atom stereocenters. The van der Waals surface area contributed by atoms with E-state index in [1.807, 2.05) is 0 Å². The van der Waals surface area contributed by atoms with Crippen molar-refractivity contribution in [2.24, 2.45) is 11.1 Å². The van der Waals surface area contributed by atoms with Crippen molar-refractivity contribution in [1.82, 2.24) is 5.32 Å². The van der Waals surface area contributed by atoms with Crippen LogP contribution in [0.2, 0.25) is 0 Å². The highest BCUT2D eigenvalue weighted by Crippen LogP contribution is 2.53. The number of fused-ring (bicyclic) bond motifs is 1. The van der Waals surface area contributed by atoms with Gasteiger partial charge in [0.05, 0.1) is 6.04 Å². The van der Waals surface area contributed by atoms with Gasteiger partial charge in [0.15, 0.2) is 0 Å². The van der Waals surface area contributed by atoms with Crippen LogP contribution in [0.5, 0.6) is 0 Å². The van der Waals surface area contributed by atoms with Crippen LogP contribution in [-0.2, 0) is 4.79 Å². The summed E-state index contributed by atoms with van der Waals surface area (Å²) in [4.78, 5) is 10.7. The zero-order chi connectivity index (χ0) is 7.35. The Morgan fingerprint density at radius 1 is 1.64 bits per heavy atom. The van der Waals surface area contributed by atoms with Crippen LogP contribution in [-0.4, -0.2) is 18.0 Å². The Morgan fingerprint density at radius 2 is 2.27 bits per heavy atom. The summed E-state index contributed by atoms with van der Waals surface area (Å²) in [5, 5.41) is 3.19. The first kappa shape index (κ1) is 8.81. The quantitative estimate of drug-likeness (QED) is 0.593. The van der Waals surface area contributed by atoms with Gasteiger partial charge in [0.25, 0.3) is 0 Å². The lowest BCUT2D eigenvalue weighted by Gasteiger charge is -2.08. The average molecular weight is 177 g/mol. The second-order valence-corrected chi connectivity index (χ2v) is 3.74. The molecule has 2 rings (SSSR count). The van der Waals surface area contributed by atoms with Crippen molar-refractivity contribution in [2.75, 3.05) is 0 Å². The fourth-order valence-corrected chi connectivity index (χ4v) is 1.84. The molecule has 4 heteroatoms. The zero-order valence-corrected chi connectivity index (χ0v) is 7.28. The highest BCUT2D eigenvalue weighted by molar-refractivity contribution is 5.85.